The SMILES string of the molecule is Cc1nc(NCC2CC2C)c2c(ccn2Cc2ccccc2)n1. The maximum Gasteiger partial charge on any atom is 0.154 e. The second kappa shape index (κ2) is 5.69. The second-order valence-corrected chi connectivity index (χ2v) is 6.64. The molecule has 2 aromatic heterocycles. The molecule has 0 aliphatic heterocycles. The highest BCUT2D eigenvalue weighted by molar-refractivity contribution is 5.86. The van der Waals surface area contributed by atoms with Crippen LogP contribution in [0.4, 0.5) is 5.82 Å². The quantitative estimate of drug-likeness (QED) is 0.778. The Balaban J connectivity index is 1.67. The first-order valence-electron chi connectivity index (χ1n) is 8.32. The Morgan fingerprint density at radius 1 is 1.17 bits per heavy atom. The lowest BCUT2D eigenvalue weighted by molar-refractivity contribution is 0.781. The van der Waals surface area contributed by atoms with Crippen LogP contribution in [-0.4, -0.2) is 21.1 Å². The van der Waals surface area contributed by atoms with Crippen LogP contribution in [-0.2, 0) is 6.54 Å². The molecule has 0 spiro atoms. The van der Waals surface area contributed by atoms with Gasteiger partial charge in [0.2, 0.25) is 0 Å². The van der Waals surface area contributed by atoms with Gasteiger partial charge in [0.25, 0.3) is 0 Å². The number of benzene rings is 1. The molecule has 4 heteroatoms. The maximum absolute atomic E-state index is 4.66. The van der Waals surface area contributed by atoms with Crippen molar-refractivity contribution in [3.8, 4) is 0 Å². The summed E-state index contributed by atoms with van der Waals surface area (Å²) in [4.78, 5) is 9.24. The minimum Gasteiger partial charge on any atom is -0.368 e. The molecule has 3 aromatic rings. The third kappa shape index (κ3) is 2.93. The Labute approximate surface area is 136 Å². The fourth-order valence-electron chi connectivity index (χ4n) is 3.17. The number of rotatable bonds is 5. The van der Waals surface area contributed by atoms with Gasteiger partial charge in [0, 0.05) is 19.3 Å². The van der Waals surface area contributed by atoms with Gasteiger partial charge in [-0.2, -0.15) is 0 Å². The first kappa shape index (κ1) is 14.2. The van der Waals surface area contributed by atoms with Crippen LogP contribution in [0.2, 0.25) is 0 Å². The van der Waals surface area contributed by atoms with E-state index in [0.29, 0.717) is 0 Å². The molecule has 118 valence electrons. The molecule has 2 atom stereocenters. The number of hydrogen-bond donors (Lipinski definition) is 1. The molecule has 2 heterocycles. The Bertz CT molecular complexity index is 822. The summed E-state index contributed by atoms with van der Waals surface area (Å²) >= 11 is 0. The molecule has 4 nitrogen and oxygen atoms in total. The van der Waals surface area contributed by atoms with E-state index in [-0.39, 0.29) is 0 Å². The summed E-state index contributed by atoms with van der Waals surface area (Å²) in [6.45, 7) is 6.11. The zero-order valence-electron chi connectivity index (χ0n) is 13.7. The Hall–Kier alpha value is -2.36. The van der Waals surface area contributed by atoms with Gasteiger partial charge in [-0.3, -0.25) is 0 Å². The summed E-state index contributed by atoms with van der Waals surface area (Å²) in [5.41, 5.74) is 3.40. The van der Waals surface area contributed by atoms with Crippen molar-refractivity contribution in [1.29, 1.82) is 0 Å². The average Bonchev–Trinajstić information content (AvgIpc) is 3.11. The van der Waals surface area contributed by atoms with Crippen LogP contribution in [0.15, 0.2) is 42.6 Å². The third-order valence-electron chi connectivity index (χ3n) is 4.73. The van der Waals surface area contributed by atoms with E-state index < -0.39 is 0 Å². The van der Waals surface area contributed by atoms with Crippen molar-refractivity contribution in [3.63, 3.8) is 0 Å². The van der Waals surface area contributed by atoms with Gasteiger partial charge in [-0.1, -0.05) is 37.3 Å². The number of fused-ring (bicyclic) bond motifs is 1. The lowest BCUT2D eigenvalue weighted by Crippen LogP contribution is -2.10. The molecule has 23 heavy (non-hydrogen) atoms. The van der Waals surface area contributed by atoms with Crippen LogP contribution in [0.25, 0.3) is 11.0 Å². The fourth-order valence-corrected chi connectivity index (χ4v) is 3.17. The molecular formula is C19H22N4. The number of nitrogens with one attached hydrogen (secondary N) is 1. The molecule has 1 saturated carbocycles. The zero-order valence-corrected chi connectivity index (χ0v) is 13.7. The fraction of sp³-hybridized carbons (Fsp3) is 0.368. The Morgan fingerprint density at radius 3 is 2.70 bits per heavy atom. The molecule has 1 fully saturated rings. The van der Waals surface area contributed by atoms with E-state index >= 15 is 0 Å². The first-order valence-corrected chi connectivity index (χ1v) is 8.32. The molecule has 0 radical (unpaired) electrons. The number of hydrogen-bond acceptors (Lipinski definition) is 3. The predicted octanol–water partition coefficient (Wildman–Crippen LogP) is 3.86. The lowest BCUT2D eigenvalue weighted by Gasteiger charge is -2.11. The van der Waals surface area contributed by atoms with Crippen LogP contribution in [0, 0.1) is 18.8 Å². The number of aromatic nitrogens is 3. The van der Waals surface area contributed by atoms with Crippen LogP contribution in [0.5, 0.6) is 0 Å². The predicted molar refractivity (Wildman–Crippen MR) is 93.6 cm³/mol. The Morgan fingerprint density at radius 2 is 1.96 bits per heavy atom. The van der Waals surface area contributed by atoms with E-state index in [0.717, 1.165) is 47.6 Å². The summed E-state index contributed by atoms with van der Waals surface area (Å²) in [5.74, 6) is 3.42. The van der Waals surface area contributed by atoms with E-state index in [1.165, 1.54) is 12.0 Å². The normalized spacial score (nSPS) is 19.9. The van der Waals surface area contributed by atoms with E-state index in [4.69, 9.17) is 0 Å². The maximum atomic E-state index is 4.66. The smallest absolute Gasteiger partial charge is 0.154 e. The second-order valence-electron chi connectivity index (χ2n) is 6.64. The molecule has 0 bridgehead atoms. The van der Waals surface area contributed by atoms with Gasteiger partial charge in [0.15, 0.2) is 5.82 Å². The zero-order chi connectivity index (χ0) is 15.8. The van der Waals surface area contributed by atoms with Gasteiger partial charge < -0.3 is 9.88 Å². The summed E-state index contributed by atoms with van der Waals surface area (Å²) < 4.78 is 2.24. The standard InChI is InChI=1S/C19H22N4/c1-13-10-16(13)11-20-19-18-17(21-14(2)22-19)8-9-23(18)12-15-6-4-3-5-7-15/h3-9,13,16H,10-12H2,1-2H3,(H,20,21,22). The van der Waals surface area contributed by atoms with Crippen LogP contribution >= 0.6 is 0 Å². The van der Waals surface area contributed by atoms with Crippen LogP contribution in [0.3, 0.4) is 0 Å². The summed E-state index contributed by atoms with van der Waals surface area (Å²) in [6.07, 6.45) is 3.43. The van der Waals surface area contributed by atoms with Gasteiger partial charge in [-0.25, -0.2) is 9.97 Å². The molecule has 1 aliphatic carbocycles. The summed E-state index contributed by atoms with van der Waals surface area (Å²) in [7, 11) is 0. The average molecular weight is 306 g/mol. The number of anilines is 1. The summed E-state index contributed by atoms with van der Waals surface area (Å²) in [6, 6.07) is 12.6. The van der Waals surface area contributed by atoms with E-state index in [2.05, 4.69) is 63.3 Å². The largest absolute Gasteiger partial charge is 0.368 e. The molecule has 1 N–H and O–H groups in total. The van der Waals surface area contributed by atoms with Crippen molar-refractivity contribution < 1.29 is 0 Å². The van der Waals surface area contributed by atoms with E-state index in [1.54, 1.807) is 0 Å². The monoisotopic (exact) mass is 306 g/mol. The highest BCUT2D eigenvalue weighted by atomic mass is 15.1. The van der Waals surface area contributed by atoms with Gasteiger partial charge >= 0.3 is 0 Å². The minimum atomic E-state index is 0.790. The lowest BCUT2D eigenvalue weighted by atomic mass is 10.2. The van der Waals surface area contributed by atoms with Crippen molar-refractivity contribution in [2.24, 2.45) is 11.8 Å². The molecule has 0 amide bonds. The van der Waals surface area contributed by atoms with Crippen molar-refractivity contribution >= 4 is 16.9 Å². The topological polar surface area (TPSA) is 42.7 Å². The third-order valence-corrected chi connectivity index (χ3v) is 4.73. The highest BCUT2D eigenvalue weighted by Crippen LogP contribution is 2.37. The molecule has 1 aliphatic rings. The van der Waals surface area contributed by atoms with Crippen molar-refractivity contribution in [1.82, 2.24) is 14.5 Å². The Kier molecular flexibility index (Phi) is 3.52. The van der Waals surface area contributed by atoms with Gasteiger partial charge in [0.05, 0.1) is 5.52 Å². The number of nitrogens with zero attached hydrogens (tertiary/aromatic N) is 3. The van der Waals surface area contributed by atoms with Crippen LogP contribution < -0.4 is 5.32 Å². The molecule has 1 aromatic carbocycles. The van der Waals surface area contributed by atoms with Crippen molar-refractivity contribution in [3.05, 3.63) is 54.0 Å². The minimum absolute atomic E-state index is 0.790. The molecule has 2 unspecified atom stereocenters. The van der Waals surface area contributed by atoms with Crippen molar-refractivity contribution in [2.75, 3.05) is 11.9 Å². The van der Waals surface area contributed by atoms with Gasteiger partial charge in [0.1, 0.15) is 11.3 Å². The van der Waals surface area contributed by atoms with Gasteiger partial charge in [-0.15, -0.1) is 0 Å². The van der Waals surface area contributed by atoms with Crippen LogP contribution in [0.1, 0.15) is 24.7 Å². The number of aryl methyl sites for hydroxylation is 1. The van der Waals surface area contributed by atoms with E-state index in [9.17, 15) is 0 Å². The first-order chi connectivity index (χ1) is 11.2. The molecule has 0 saturated heterocycles. The molecular weight excluding hydrogens is 284 g/mol. The highest BCUT2D eigenvalue weighted by Gasteiger charge is 2.32. The molecule has 4 rings (SSSR count). The summed E-state index contributed by atoms with van der Waals surface area (Å²) in [5, 5.41) is 3.56. The van der Waals surface area contributed by atoms with E-state index in [1.807, 2.05) is 13.0 Å². The van der Waals surface area contributed by atoms with Crippen molar-refractivity contribution in [2.45, 2.75) is 26.8 Å². The van der Waals surface area contributed by atoms with Gasteiger partial charge in [-0.05, 0) is 36.8 Å².